The molecule has 1 aliphatic heterocycles. The molecule has 292 valence electrons. The molecule has 1 aromatic heterocycles. The van der Waals surface area contributed by atoms with E-state index >= 15 is 0 Å². The molecule has 0 saturated heterocycles. The first-order valence-corrected chi connectivity index (χ1v) is 21.4. The maximum absolute atomic E-state index is 2.61. The van der Waals surface area contributed by atoms with E-state index in [0.29, 0.717) is 0 Å². The van der Waals surface area contributed by atoms with Crippen LogP contribution >= 0.6 is 0 Å². The Balaban J connectivity index is 0.981. The van der Waals surface area contributed by atoms with E-state index in [9.17, 15) is 0 Å². The lowest BCUT2D eigenvalue weighted by molar-refractivity contribution is 0.544. The standard InChI is InChI=1S/C59H41N3/c1-3-20-45(21-4-1)59(62-55-29-13-9-25-50(55)51-26-10-14-30-56(51)62)52-27-11-15-31-57(52)61(58-32-16-12-28-53(58)59)48-40-36-43(37-41-48)42-34-38-47(39-35-42)60(46-22-5-2-6-23-46)54-33-17-19-44-18-7-8-24-49(44)54/h1-41H. The second-order valence-electron chi connectivity index (χ2n) is 16.1. The predicted molar refractivity (Wildman–Crippen MR) is 260 cm³/mol. The summed E-state index contributed by atoms with van der Waals surface area (Å²) in [5, 5.41) is 4.94. The van der Waals surface area contributed by atoms with Crippen molar-refractivity contribution in [2.24, 2.45) is 0 Å². The number of fused-ring (bicyclic) bond motifs is 6. The van der Waals surface area contributed by atoms with E-state index in [0.717, 1.165) is 34.1 Å². The third kappa shape index (κ3) is 5.45. The molecule has 62 heavy (non-hydrogen) atoms. The number of aromatic nitrogens is 1. The van der Waals surface area contributed by atoms with Crippen LogP contribution in [0.5, 0.6) is 0 Å². The van der Waals surface area contributed by atoms with Crippen molar-refractivity contribution in [2.75, 3.05) is 9.80 Å². The first kappa shape index (κ1) is 35.8. The van der Waals surface area contributed by atoms with Crippen LogP contribution in [0.15, 0.2) is 249 Å². The monoisotopic (exact) mass is 791 g/mol. The van der Waals surface area contributed by atoms with E-state index in [-0.39, 0.29) is 0 Å². The fraction of sp³-hybridized carbons (Fsp3) is 0.0169. The molecule has 3 heteroatoms. The number of hydrogen-bond acceptors (Lipinski definition) is 2. The first-order chi connectivity index (χ1) is 30.8. The molecule has 0 N–H and O–H groups in total. The molecule has 1 aliphatic rings. The summed E-state index contributed by atoms with van der Waals surface area (Å²) in [4.78, 5) is 4.81. The van der Waals surface area contributed by atoms with Gasteiger partial charge in [0.2, 0.25) is 0 Å². The van der Waals surface area contributed by atoms with Gasteiger partial charge in [-0.1, -0.05) is 182 Å². The van der Waals surface area contributed by atoms with Crippen LogP contribution in [0.25, 0.3) is 43.7 Å². The molecule has 12 rings (SSSR count). The van der Waals surface area contributed by atoms with Crippen LogP contribution in [0.4, 0.5) is 34.1 Å². The van der Waals surface area contributed by atoms with Crippen molar-refractivity contribution >= 4 is 66.7 Å². The molecule has 0 saturated carbocycles. The molecule has 11 aromatic rings. The van der Waals surface area contributed by atoms with Crippen molar-refractivity contribution in [1.82, 2.24) is 4.57 Å². The smallest absolute Gasteiger partial charge is 0.125 e. The Hall–Kier alpha value is -8.14. The third-order valence-electron chi connectivity index (χ3n) is 12.8. The maximum Gasteiger partial charge on any atom is 0.125 e. The first-order valence-electron chi connectivity index (χ1n) is 21.4. The van der Waals surface area contributed by atoms with Crippen LogP contribution in [0, 0.1) is 0 Å². The van der Waals surface area contributed by atoms with Gasteiger partial charge in [-0.15, -0.1) is 0 Å². The Morgan fingerprint density at radius 1 is 0.339 bits per heavy atom. The average Bonchev–Trinajstić information content (AvgIpc) is 3.69. The summed E-state index contributed by atoms with van der Waals surface area (Å²) in [6.07, 6.45) is 0. The normalized spacial score (nSPS) is 12.9. The molecular weight excluding hydrogens is 751 g/mol. The molecular formula is C59H41N3. The zero-order valence-electron chi connectivity index (χ0n) is 34.0. The fourth-order valence-electron chi connectivity index (χ4n) is 10.2. The summed E-state index contributed by atoms with van der Waals surface area (Å²) in [5.74, 6) is 0. The minimum absolute atomic E-state index is 0.672. The predicted octanol–water partition coefficient (Wildman–Crippen LogP) is 15.7. The van der Waals surface area contributed by atoms with Gasteiger partial charge in [0, 0.05) is 44.3 Å². The van der Waals surface area contributed by atoms with Gasteiger partial charge < -0.3 is 14.4 Å². The maximum atomic E-state index is 2.61. The summed E-state index contributed by atoms with van der Waals surface area (Å²) in [7, 11) is 0. The Morgan fingerprint density at radius 3 is 1.44 bits per heavy atom. The van der Waals surface area contributed by atoms with Crippen molar-refractivity contribution in [3.05, 3.63) is 265 Å². The van der Waals surface area contributed by atoms with Gasteiger partial charge in [-0.2, -0.15) is 0 Å². The largest absolute Gasteiger partial charge is 0.322 e. The van der Waals surface area contributed by atoms with E-state index < -0.39 is 5.54 Å². The lowest BCUT2D eigenvalue weighted by atomic mass is 9.72. The van der Waals surface area contributed by atoms with Gasteiger partial charge in [0.25, 0.3) is 0 Å². The fourth-order valence-corrected chi connectivity index (χ4v) is 10.2. The molecule has 0 amide bonds. The Labute approximate surface area is 361 Å². The van der Waals surface area contributed by atoms with E-state index in [4.69, 9.17) is 0 Å². The van der Waals surface area contributed by atoms with Crippen molar-refractivity contribution < 1.29 is 0 Å². The summed E-state index contributed by atoms with van der Waals surface area (Å²) in [6, 6.07) is 90.7. The highest BCUT2D eigenvalue weighted by atomic mass is 15.2. The molecule has 0 bridgehead atoms. The lowest BCUT2D eigenvalue weighted by Gasteiger charge is -2.47. The van der Waals surface area contributed by atoms with E-state index in [1.807, 2.05) is 0 Å². The van der Waals surface area contributed by atoms with Gasteiger partial charge >= 0.3 is 0 Å². The summed E-state index contributed by atoms with van der Waals surface area (Å²) >= 11 is 0. The van der Waals surface area contributed by atoms with Gasteiger partial charge in [-0.3, -0.25) is 0 Å². The minimum atomic E-state index is -0.672. The zero-order valence-corrected chi connectivity index (χ0v) is 34.0. The van der Waals surface area contributed by atoms with Crippen LogP contribution in [0.3, 0.4) is 0 Å². The topological polar surface area (TPSA) is 11.4 Å². The Kier molecular flexibility index (Phi) is 8.39. The molecule has 0 radical (unpaired) electrons. The van der Waals surface area contributed by atoms with Gasteiger partial charge in [0.15, 0.2) is 0 Å². The minimum Gasteiger partial charge on any atom is -0.322 e. The quantitative estimate of drug-likeness (QED) is 0.159. The Bertz CT molecular complexity index is 3300. The highest BCUT2D eigenvalue weighted by molar-refractivity contribution is 6.09. The summed E-state index contributed by atoms with van der Waals surface area (Å²) < 4.78 is 2.61. The summed E-state index contributed by atoms with van der Waals surface area (Å²) in [5.41, 5.74) is 14.6. The number of benzene rings is 10. The van der Waals surface area contributed by atoms with Crippen LogP contribution in [0.2, 0.25) is 0 Å². The third-order valence-corrected chi connectivity index (χ3v) is 12.8. The second kappa shape index (κ2) is 14.5. The molecule has 10 aromatic carbocycles. The molecule has 0 spiro atoms. The Morgan fingerprint density at radius 2 is 0.806 bits per heavy atom. The molecule has 0 atom stereocenters. The van der Waals surface area contributed by atoms with Crippen LogP contribution < -0.4 is 9.80 Å². The van der Waals surface area contributed by atoms with Crippen molar-refractivity contribution in [1.29, 1.82) is 0 Å². The van der Waals surface area contributed by atoms with Crippen LogP contribution in [-0.2, 0) is 5.54 Å². The van der Waals surface area contributed by atoms with E-state index in [1.165, 1.54) is 60.4 Å². The van der Waals surface area contributed by atoms with Gasteiger partial charge in [-0.25, -0.2) is 0 Å². The SMILES string of the molecule is c1ccc(N(c2ccc(-c3ccc(N4c5ccccc5C(c5ccccc5)(n5c6ccccc6c6ccccc65)c5ccccc54)cc3)cc2)c2cccc3ccccc23)cc1. The van der Waals surface area contributed by atoms with E-state index in [2.05, 4.69) is 263 Å². The van der Waals surface area contributed by atoms with E-state index in [1.54, 1.807) is 0 Å². The average molecular weight is 792 g/mol. The second-order valence-corrected chi connectivity index (χ2v) is 16.1. The van der Waals surface area contributed by atoms with Crippen molar-refractivity contribution in [3.63, 3.8) is 0 Å². The van der Waals surface area contributed by atoms with Crippen molar-refractivity contribution in [2.45, 2.75) is 5.54 Å². The van der Waals surface area contributed by atoms with Gasteiger partial charge in [-0.05, 0) is 88.8 Å². The zero-order chi connectivity index (χ0) is 41.0. The molecule has 2 heterocycles. The molecule has 0 unspecified atom stereocenters. The lowest BCUT2D eigenvalue weighted by Crippen LogP contribution is -2.42. The number of para-hydroxylation sites is 5. The highest BCUT2D eigenvalue weighted by Crippen LogP contribution is 2.57. The van der Waals surface area contributed by atoms with Crippen LogP contribution in [-0.4, -0.2) is 4.57 Å². The number of rotatable bonds is 7. The molecule has 0 aliphatic carbocycles. The number of anilines is 6. The summed E-state index contributed by atoms with van der Waals surface area (Å²) in [6.45, 7) is 0. The number of hydrogen-bond donors (Lipinski definition) is 0. The van der Waals surface area contributed by atoms with Gasteiger partial charge in [0.1, 0.15) is 5.54 Å². The van der Waals surface area contributed by atoms with Gasteiger partial charge in [0.05, 0.1) is 28.1 Å². The molecule has 0 fully saturated rings. The van der Waals surface area contributed by atoms with Crippen molar-refractivity contribution in [3.8, 4) is 11.1 Å². The highest BCUT2D eigenvalue weighted by Gasteiger charge is 2.47. The molecule has 3 nitrogen and oxygen atoms in total. The number of nitrogens with zero attached hydrogens (tertiary/aromatic N) is 3. The van der Waals surface area contributed by atoms with Crippen LogP contribution in [0.1, 0.15) is 16.7 Å².